The molecule has 0 aliphatic carbocycles. The van der Waals surface area contributed by atoms with Gasteiger partial charge >= 0.3 is 0 Å². The molecule has 0 aromatic carbocycles. The van der Waals surface area contributed by atoms with Crippen LogP contribution < -0.4 is 11.5 Å². The summed E-state index contributed by atoms with van der Waals surface area (Å²) in [5.41, 5.74) is 9.15. The van der Waals surface area contributed by atoms with E-state index in [1.54, 1.807) is 0 Å². The van der Waals surface area contributed by atoms with E-state index in [1.165, 1.54) is 0 Å². The Morgan fingerprint density at radius 2 is 2.12 bits per heavy atom. The van der Waals surface area contributed by atoms with E-state index in [0.717, 1.165) is 0 Å². The Morgan fingerprint density at radius 1 is 1.75 bits per heavy atom. The number of primary amides is 1. The molecular weight excluding hydrogens is 134 g/mol. The molecule has 5 heteroatoms. The number of alkyl halides is 1. The number of amides is 1. The highest BCUT2D eigenvalue weighted by Crippen LogP contribution is 1.81. The molecule has 0 heterocycles. The smallest absolute Gasteiger partial charge is 0.253 e. The number of halogens is 2. The Balaban J connectivity index is 0. The van der Waals surface area contributed by atoms with Crippen molar-refractivity contribution in [1.29, 1.82) is 0 Å². The van der Waals surface area contributed by atoms with E-state index in [-0.39, 0.29) is 19.0 Å². The molecule has 1 unspecified atom stereocenters. The zero-order chi connectivity index (χ0) is 5.86. The molecule has 0 spiro atoms. The molecule has 0 aromatic heterocycles. The third kappa shape index (κ3) is 3.83. The highest BCUT2D eigenvalue weighted by Gasteiger charge is 2.08. The number of hydrogen-bond donors (Lipinski definition) is 2. The lowest BCUT2D eigenvalue weighted by atomic mass is 10.4. The van der Waals surface area contributed by atoms with E-state index in [9.17, 15) is 9.18 Å². The van der Waals surface area contributed by atoms with Crippen LogP contribution in [0.3, 0.4) is 0 Å². The summed E-state index contributed by atoms with van der Waals surface area (Å²) in [4.78, 5) is 9.70. The standard InChI is InChI=1S/C3H7FN2O.ClH/c4-2(1-5)3(6)7;/h2H,1,5H2,(H2,6,7);1H. The van der Waals surface area contributed by atoms with Gasteiger partial charge in [-0.2, -0.15) is 0 Å². The van der Waals surface area contributed by atoms with Crippen LogP contribution in [0, 0.1) is 0 Å². The van der Waals surface area contributed by atoms with Crippen molar-refractivity contribution in [1.82, 2.24) is 0 Å². The fourth-order valence-electron chi connectivity index (χ4n) is 0.116. The van der Waals surface area contributed by atoms with Crippen LogP contribution in [0.1, 0.15) is 0 Å². The summed E-state index contributed by atoms with van der Waals surface area (Å²) in [5, 5.41) is 0. The van der Waals surface area contributed by atoms with Gasteiger partial charge in [0.05, 0.1) is 0 Å². The summed E-state index contributed by atoms with van der Waals surface area (Å²) in [6.07, 6.45) is -1.68. The van der Waals surface area contributed by atoms with E-state index in [2.05, 4.69) is 5.73 Å². The largest absolute Gasteiger partial charge is 0.367 e. The molecule has 0 rings (SSSR count). The van der Waals surface area contributed by atoms with Crippen LogP contribution in [-0.2, 0) is 4.79 Å². The van der Waals surface area contributed by atoms with E-state index in [4.69, 9.17) is 5.73 Å². The molecule has 0 saturated heterocycles. The molecule has 4 N–H and O–H groups in total. The average molecular weight is 143 g/mol. The second-order valence-electron chi connectivity index (χ2n) is 1.11. The van der Waals surface area contributed by atoms with Crippen molar-refractivity contribution in [2.24, 2.45) is 11.5 Å². The van der Waals surface area contributed by atoms with Crippen molar-refractivity contribution < 1.29 is 9.18 Å². The van der Waals surface area contributed by atoms with E-state index >= 15 is 0 Å². The maximum atomic E-state index is 11.7. The lowest BCUT2D eigenvalue weighted by Gasteiger charge is -1.94. The summed E-state index contributed by atoms with van der Waals surface area (Å²) in [6, 6.07) is 0. The van der Waals surface area contributed by atoms with Crippen molar-refractivity contribution in [3.05, 3.63) is 0 Å². The Hall–Kier alpha value is -0.350. The molecule has 0 aliphatic heterocycles. The zero-order valence-electron chi connectivity index (χ0n) is 4.13. The highest BCUT2D eigenvalue weighted by molar-refractivity contribution is 5.85. The summed E-state index contributed by atoms with van der Waals surface area (Å²) < 4.78 is 11.7. The first-order valence-corrected chi connectivity index (χ1v) is 1.82. The van der Waals surface area contributed by atoms with Gasteiger partial charge in [0.25, 0.3) is 5.91 Å². The number of carbonyl (C=O) groups excluding carboxylic acids is 1. The van der Waals surface area contributed by atoms with Crippen LogP contribution in [0.4, 0.5) is 4.39 Å². The SMILES string of the molecule is Cl.NCC(F)C(N)=O. The summed E-state index contributed by atoms with van der Waals surface area (Å²) in [6.45, 7) is -0.324. The lowest BCUT2D eigenvalue weighted by molar-refractivity contribution is -0.122. The maximum absolute atomic E-state index is 11.7. The third-order valence-corrected chi connectivity index (χ3v) is 0.516. The Bertz CT molecular complexity index is 79.7. The molecule has 1 amide bonds. The normalized spacial score (nSPS) is 11.8. The summed E-state index contributed by atoms with van der Waals surface area (Å²) >= 11 is 0. The molecule has 0 radical (unpaired) electrons. The molecule has 8 heavy (non-hydrogen) atoms. The fourth-order valence-corrected chi connectivity index (χ4v) is 0.116. The number of nitrogens with two attached hydrogens (primary N) is 2. The van der Waals surface area contributed by atoms with Gasteiger partial charge in [0.15, 0.2) is 6.17 Å². The predicted octanol–water partition coefficient (Wildman–Crippen LogP) is -0.810. The fraction of sp³-hybridized carbons (Fsp3) is 0.667. The van der Waals surface area contributed by atoms with Gasteiger partial charge in [0.1, 0.15) is 0 Å². The molecule has 0 saturated carbocycles. The minimum Gasteiger partial charge on any atom is -0.367 e. The van der Waals surface area contributed by atoms with Gasteiger partial charge in [-0.3, -0.25) is 4.79 Å². The van der Waals surface area contributed by atoms with Crippen LogP contribution >= 0.6 is 12.4 Å². The van der Waals surface area contributed by atoms with Gasteiger partial charge < -0.3 is 11.5 Å². The van der Waals surface area contributed by atoms with Gasteiger partial charge in [-0.15, -0.1) is 12.4 Å². The molecule has 1 atom stereocenters. The van der Waals surface area contributed by atoms with Crippen LogP contribution in [0.5, 0.6) is 0 Å². The topological polar surface area (TPSA) is 69.1 Å². The second kappa shape index (κ2) is 4.80. The van der Waals surface area contributed by atoms with Gasteiger partial charge in [-0.05, 0) is 0 Å². The van der Waals surface area contributed by atoms with Crippen LogP contribution in [-0.4, -0.2) is 18.6 Å². The predicted molar refractivity (Wildman–Crippen MR) is 30.4 cm³/mol. The first-order valence-electron chi connectivity index (χ1n) is 1.82. The highest BCUT2D eigenvalue weighted by atomic mass is 35.5. The molecule has 0 aliphatic rings. The van der Waals surface area contributed by atoms with E-state index < -0.39 is 12.1 Å². The van der Waals surface area contributed by atoms with Crippen LogP contribution in [0.15, 0.2) is 0 Å². The van der Waals surface area contributed by atoms with Crippen molar-refractivity contribution >= 4 is 18.3 Å². The molecular formula is C3H8ClFN2O. The summed E-state index contributed by atoms with van der Waals surface area (Å²) in [7, 11) is 0. The monoisotopic (exact) mass is 142 g/mol. The average Bonchev–Trinajstić information content (AvgIpc) is 1.65. The van der Waals surface area contributed by atoms with Crippen molar-refractivity contribution in [2.75, 3.05) is 6.54 Å². The molecule has 0 bridgehead atoms. The van der Waals surface area contributed by atoms with Crippen molar-refractivity contribution in [3.63, 3.8) is 0 Å². The van der Waals surface area contributed by atoms with Crippen LogP contribution in [0.25, 0.3) is 0 Å². The lowest BCUT2D eigenvalue weighted by Crippen LogP contribution is -2.31. The van der Waals surface area contributed by atoms with Gasteiger partial charge in [-0.25, -0.2) is 4.39 Å². The molecule has 50 valence electrons. The quantitative estimate of drug-likeness (QED) is 0.530. The van der Waals surface area contributed by atoms with Crippen molar-refractivity contribution in [3.8, 4) is 0 Å². The van der Waals surface area contributed by atoms with E-state index in [0.29, 0.717) is 0 Å². The van der Waals surface area contributed by atoms with E-state index in [1.807, 2.05) is 0 Å². The minimum absolute atomic E-state index is 0. The zero-order valence-corrected chi connectivity index (χ0v) is 4.95. The number of carbonyl (C=O) groups is 1. The van der Waals surface area contributed by atoms with Gasteiger partial charge in [0.2, 0.25) is 0 Å². The first kappa shape index (κ1) is 10.6. The van der Waals surface area contributed by atoms with Gasteiger partial charge in [-0.1, -0.05) is 0 Å². The number of hydrogen-bond acceptors (Lipinski definition) is 2. The minimum atomic E-state index is -1.68. The van der Waals surface area contributed by atoms with Crippen molar-refractivity contribution in [2.45, 2.75) is 6.17 Å². The number of rotatable bonds is 2. The molecule has 3 nitrogen and oxygen atoms in total. The maximum Gasteiger partial charge on any atom is 0.253 e. The second-order valence-corrected chi connectivity index (χ2v) is 1.11. The third-order valence-electron chi connectivity index (χ3n) is 0.516. The molecule has 0 fully saturated rings. The Labute approximate surface area is 52.6 Å². The Kier molecular flexibility index (Phi) is 6.36. The van der Waals surface area contributed by atoms with Gasteiger partial charge in [0, 0.05) is 6.54 Å². The molecule has 0 aromatic rings. The first-order chi connectivity index (χ1) is 3.18. The van der Waals surface area contributed by atoms with Crippen LogP contribution in [0.2, 0.25) is 0 Å². The summed E-state index contributed by atoms with van der Waals surface area (Å²) in [5.74, 6) is -0.998. The Morgan fingerprint density at radius 3 is 2.12 bits per heavy atom.